The van der Waals surface area contributed by atoms with Crippen LogP contribution in [0, 0.1) is 5.92 Å². The number of nitrogens with zero attached hydrogens (tertiary/aromatic N) is 2. The summed E-state index contributed by atoms with van der Waals surface area (Å²) >= 11 is 0. The van der Waals surface area contributed by atoms with E-state index in [9.17, 15) is 18.4 Å². The fourth-order valence-electron chi connectivity index (χ4n) is 3.62. The minimum atomic E-state index is -2.58. The summed E-state index contributed by atoms with van der Waals surface area (Å²) in [6.07, 6.45) is 3.07. The van der Waals surface area contributed by atoms with Crippen LogP contribution >= 0.6 is 0 Å². The normalized spacial score (nSPS) is 28.0. The molecule has 7 heteroatoms. The van der Waals surface area contributed by atoms with Gasteiger partial charge in [0.2, 0.25) is 11.8 Å². The van der Waals surface area contributed by atoms with Crippen LogP contribution in [0.4, 0.5) is 13.6 Å². The smallest absolute Gasteiger partial charge is 0.317 e. The number of alkyl halides is 2. The van der Waals surface area contributed by atoms with Gasteiger partial charge in [0.25, 0.3) is 0 Å². The first-order chi connectivity index (χ1) is 10.9. The van der Waals surface area contributed by atoms with Gasteiger partial charge in [-0.2, -0.15) is 0 Å². The van der Waals surface area contributed by atoms with Crippen molar-refractivity contribution in [3.05, 3.63) is 0 Å². The van der Waals surface area contributed by atoms with Gasteiger partial charge < -0.3 is 15.1 Å². The molecule has 1 atom stereocenters. The summed E-state index contributed by atoms with van der Waals surface area (Å²) in [6, 6.07) is 0.0788. The number of amides is 3. The molecule has 3 amide bonds. The number of nitrogens with one attached hydrogen (secondary N) is 1. The highest BCUT2D eigenvalue weighted by Gasteiger charge is 2.40. The van der Waals surface area contributed by atoms with E-state index < -0.39 is 5.92 Å². The van der Waals surface area contributed by atoms with E-state index in [1.165, 1.54) is 0 Å². The second kappa shape index (κ2) is 6.24. The maximum atomic E-state index is 13.2. The Morgan fingerprint density at radius 3 is 2.57 bits per heavy atom. The summed E-state index contributed by atoms with van der Waals surface area (Å²) in [4.78, 5) is 27.6. The molecule has 0 spiro atoms. The van der Waals surface area contributed by atoms with E-state index in [0.29, 0.717) is 31.8 Å². The zero-order valence-corrected chi connectivity index (χ0v) is 13.6. The SMILES string of the molecule is CN(C(=O)NCC1CC(=O)N(C2CC2)C1)C1CCC(F)(F)CC1. The third-order valence-electron chi connectivity index (χ3n) is 5.32. The molecule has 130 valence electrons. The Hall–Kier alpha value is -1.40. The van der Waals surface area contributed by atoms with Gasteiger partial charge in [-0.25, -0.2) is 13.6 Å². The molecular weight excluding hydrogens is 304 g/mol. The lowest BCUT2D eigenvalue weighted by atomic mass is 9.91. The molecule has 0 aromatic rings. The first-order valence-electron chi connectivity index (χ1n) is 8.54. The van der Waals surface area contributed by atoms with Crippen molar-refractivity contribution in [3.8, 4) is 0 Å². The van der Waals surface area contributed by atoms with Crippen LogP contribution in [-0.2, 0) is 4.79 Å². The molecule has 0 aromatic carbocycles. The van der Waals surface area contributed by atoms with Crippen molar-refractivity contribution in [1.82, 2.24) is 15.1 Å². The molecular formula is C16H25F2N3O2. The van der Waals surface area contributed by atoms with Crippen LogP contribution in [-0.4, -0.2) is 59.9 Å². The van der Waals surface area contributed by atoms with Crippen LogP contribution < -0.4 is 5.32 Å². The summed E-state index contributed by atoms with van der Waals surface area (Å²) < 4.78 is 26.4. The highest BCUT2D eigenvalue weighted by Crippen LogP contribution is 2.35. The number of hydrogen-bond acceptors (Lipinski definition) is 2. The highest BCUT2D eigenvalue weighted by atomic mass is 19.3. The van der Waals surface area contributed by atoms with E-state index in [1.807, 2.05) is 4.90 Å². The number of rotatable bonds is 4. The summed E-state index contributed by atoms with van der Waals surface area (Å²) in [6.45, 7) is 1.20. The van der Waals surface area contributed by atoms with Crippen LogP contribution in [0.25, 0.3) is 0 Å². The predicted molar refractivity (Wildman–Crippen MR) is 81.2 cm³/mol. The molecule has 1 N–H and O–H groups in total. The number of urea groups is 1. The highest BCUT2D eigenvalue weighted by molar-refractivity contribution is 5.79. The molecule has 2 saturated carbocycles. The minimum Gasteiger partial charge on any atom is -0.339 e. The lowest BCUT2D eigenvalue weighted by Crippen LogP contribution is -2.47. The summed E-state index contributed by atoms with van der Waals surface area (Å²) in [5, 5.41) is 2.86. The van der Waals surface area contributed by atoms with Crippen molar-refractivity contribution in [2.24, 2.45) is 5.92 Å². The molecule has 1 heterocycles. The van der Waals surface area contributed by atoms with Gasteiger partial charge in [0.15, 0.2) is 0 Å². The van der Waals surface area contributed by atoms with E-state index in [2.05, 4.69) is 5.32 Å². The lowest BCUT2D eigenvalue weighted by Gasteiger charge is -2.34. The molecule has 0 radical (unpaired) electrons. The fraction of sp³-hybridized carbons (Fsp3) is 0.875. The maximum Gasteiger partial charge on any atom is 0.317 e. The van der Waals surface area contributed by atoms with Gasteiger partial charge in [-0.3, -0.25) is 4.79 Å². The molecule has 0 bridgehead atoms. The van der Waals surface area contributed by atoms with Crippen molar-refractivity contribution in [1.29, 1.82) is 0 Å². The third-order valence-corrected chi connectivity index (χ3v) is 5.32. The van der Waals surface area contributed by atoms with E-state index in [1.54, 1.807) is 11.9 Å². The third kappa shape index (κ3) is 3.93. The Kier molecular flexibility index (Phi) is 4.47. The van der Waals surface area contributed by atoms with Crippen LogP contribution in [0.2, 0.25) is 0 Å². The van der Waals surface area contributed by atoms with Gasteiger partial charge in [0, 0.05) is 57.4 Å². The first kappa shape index (κ1) is 16.5. The second-order valence-electron chi connectivity index (χ2n) is 7.23. The molecule has 0 aromatic heterocycles. The van der Waals surface area contributed by atoms with Gasteiger partial charge in [-0.1, -0.05) is 0 Å². The van der Waals surface area contributed by atoms with Crippen molar-refractivity contribution in [2.75, 3.05) is 20.1 Å². The van der Waals surface area contributed by atoms with Gasteiger partial charge >= 0.3 is 6.03 Å². The number of carbonyl (C=O) groups excluding carboxylic acids is 2. The molecule has 2 aliphatic carbocycles. The van der Waals surface area contributed by atoms with Crippen molar-refractivity contribution in [2.45, 2.75) is 63.0 Å². The van der Waals surface area contributed by atoms with Crippen molar-refractivity contribution >= 4 is 11.9 Å². The summed E-state index contributed by atoms with van der Waals surface area (Å²) in [7, 11) is 1.67. The zero-order valence-electron chi connectivity index (χ0n) is 13.6. The number of carbonyl (C=O) groups is 2. The summed E-state index contributed by atoms with van der Waals surface area (Å²) in [5.41, 5.74) is 0. The maximum absolute atomic E-state index is 13.2. The predicted octanol–water partition coefficient (Wildman–Crippen LogP) is 2.22. The van der Waals surface area contributed by atoms with Crippen molar-refractivity contribution < 1.29 is 18.4 Å². The Balaban J connectivity index is 1.41. The quantitative estimate of drug-likeness (QED) is 0.860. The van der Waals surface area contributed by atoms with E-state index in [0.717, 1.165) is 19.4 Å². The Morgan fingerprint density at radius 1 is 1.30 bits per heavy atom. The lowest BCUT2D eigenvalue weighted by molar-refractivity contribution is -0.128. The van der Waals surface area contributed by atoms with Crippen molar-refractivity contribution in [3.63, 3.8) is 0 Å². The van der Waals surface area contributed by atoms with Gasteiger partial charge in [-0.15, -0.1) is 0 Å². The Labute approximate surface area is 135 Å². The number of halogens is 2. The van der Waals surface area contributed by atoms with E-state index >= 15 is 0 Å². The molecule has 1 saturated heterocycles. The fourth-order valence-corrected chi connectivity index (χ4v) is 3.62. The minimum absolute atomic E-state index is 0.122. The average molecular weight is 329 g/mol. The van der Waals surface area contributed by atoms with Crippen LogP contribution in [0.3, 0.4) is 0 Å². The molecule has 5 nitrogen and oxygen atoms in total. The van der Waals surface area contributed by atoms with E-state index in [-0.39, 0.29) is 36.7 Å². The second-order valence-corrected chi connectivity index (χ2v) is 7.23. The van der Waals surface area contributed by atoms with Gasteiger partial charge in [0.05, 0.1) is 0 Å². The molecule has 3 rings (SSSR count). The molecule has 1 unspecified atom stereocenters. The number of hydrogen-bond donors (Lipinski definition) is 1. The van der Waals surface area contributed by atoms with Crippen LogP contribution in [0.5, 0.6) is 0 Å². The topological polar surface area (TPSA) is 52.7 Å². The summed E-state index contributed by atoms with van der Waals surface area (Å²) in [5.74, 6) is -2.23. The standard InChI is InChI=1S/C16H25F2N3O2/c1-20(12-4-6-16(17,18)7-5-12)15(23)19-9-11-8-14(22)21(10-11)13-2-3-13/h11-13H,2-10H2,1H3,(H,19,23). The number of likely N-dealkylation sites (tertiary alicyclic amines) is 1. The molecule has 1 aliphatic heterocycles. The first-order valence-corrected chi connectivity index (χ1v) is 8.54. The monoisotopic (exact) mass is 329 g/mol. The Bertz CT molecular complexity index is 472. The molecule has 3 aliphatic rings. The largest absolute Gasteiger partial charge is 0.339 e. The molecule has 23 heavy (non-hydrogen) atoms. The van der Waals surface area contributed by atoms with E-state index in [4.69, 9.17) is 0 Å². The average Bonchev–Trinajstić information content (AvgIpc) is 3.27. The zero-order chi connectivity index (χ0) is 16.6. The molecule has 3 fully saturated rings. The van der Waals surface area contributed by atoms with Crippen LogP contribution in [0.15, 0.2) is 0 Å². The Morgan fingerprint density at radius 2 is 1.96 bits per heavy atom. The van der Waals surface area contributed by atoms with Gasteiger partial charge in [0.1, 0.15) is 0 Å². The van der Waals surface area contributed by atoms with Crippen LogP contribution in [0.1, 0.15) is 44.9 Å². The van der Waals surface area contributed by atoms with Gasteiger partial charge in [-0.05, 0) is 25.7 Å².